The highest BCUT2D eigenvalue weighted by Crippen LogP contribution is 2.39. The Kier molecular flexibility index (Phi) is 6.00. The molecule has 6 nitrogen and oxygen atoms in total. The van der Waals surface area contributed by atoms with Crippen LogP contribution in [0.2, 0.25) is 0 Å². The van der Waals surface area contributed by atoms with E-state index in [1.165, 1.54) is 16.2 Å². The summed E-state index contributed by atoms with van der Waals surface area (Å²) < 4.78 is 5.11. The molecule has 0 aliphatic heterocycles. The van der Waals surface area contributed by atoms with Crippen molar-refractivity contribution in [1.82, 2.24) is 0 Å². The van der Waals surface area contributed by atoms with Crippen molar-refractivity contribution in [2.45, 2.75) is 26.2 Å². The SMILES string of the molecule is C[C@H]1CCc2c(sc(NC(=O)COC(=O)c3ccc(N(C)C)cc3)c2C#N)C1. The number of amides is 1. The van der Waals surface area contributed by atoms with E-state index in [0.29, 0.717) is 22.0 Å². The number of hydrogen-bond acceptors (Lipinski definition) is 6. The fourth-order valence-corrected chi connectivity index (χ4v) is 4.61. The van der Waals surface area contributed by atoms with Crippen molar-refractivity contribution in [2.75, 3.05) is 30.9 Å². The van der Waals surface area contributed by atoms with E-state index in [4.69, 9.17) is 4.74 Å². The van der Waals surface area contributed by atoms with Crippen molar-refractivity contribution >= 4 is 33.9 Å². The van der Waals surface area contributed by atoms with Gasteiger partial charge in [0.2, 0.25) is 0 Å². The van der Waals surface area contributed by atoms with E-state index in [2.05, 4.69) is 18.3 Å². The lowest BCUT2D eigenvalue weighted by molar-refractivity contribution is -0.119. The second-order valence-electron chi connectivity index (χ2n) is 7.23. The van der Waals surface area contributed by atoms with Gasteiger partial charge in [-0.15, -0.1) is 11.3 Å². The molecule has 0 radical (unpaired) electrons. The number of hydrogen-bond donors (Lipinski definition) is 1. The van der Waals surface area contributed by atoms with Crippen LogP contribution < -0.4 is 10.2 Å². The summed E-state index contributed by atoms with van der Waals surface area (Å²) in [5.74, 6) is -0.414. The largest absolute Gasteiger partial charge is 0.452 e. The average molecular weight is 398 g/mol. The third-order valence-electron chi connectivity index (χ3n) is 4.83. The fraction of sp³-hybridized carbons (Fsp3) is 0.381. The van der Waals surface area contributed by atoms with Crippen LogP contribution in [-0.2, 0) is 22.4 Å². The first kappa shape index (κ1) is 19.9. The van der Waals surface area contributed by atoms with Gasteiger partial charge in [0.25, 0.3) is 5.91 Å². The van der Waals surface area contributed by atoms with Crippen LogP contribution in [0.5, 0.6) is 0 Å². The van der Waals surface area contributed by atoms with Crippen LogP contribution in [0, 0.1) is 17.2 Å². The standard InChI is InChI=1S/C21H23N3O3S/c1-13-4-9-16-17(11-22)20(28-18(16)10-13)23-19(25)12-27-21(26)14-5-7-15(8-6-14)24(2)3/h5-8,13H,4,9-10,12H2,1-3H3,(H,23,25)/t13-/m0/s1. The van der Waals surface area contributed by atoms with Gasteiger partial charge in [-0.05, 0) is 55.0 Å². The Labute approximate surface area is 168 Å². The highest BCUT2D eigenvalue weighted by Gasteiger charge is 2.24. The predicted molar refractivity (Wildman–Crippen MR) is 110 cm³/mol. The van der Waals surface area contributed by atoms with Crippen LogP contribution in [0.25, 0.3) is 0 Å². The molecule has 0 saturated heterocycles. The molecule has 2 aromatic rings. The average Bonchev–Trinajstić information content (AvgIpc) is 3.01. The maximum absolute atomic E-state index is 12.2. The molecule has 1 aliphatic rings. The lowest BCUT2D eigenvalue weighted by Gasteiger charge is -2.17. The zero-order valence-corrected chi connectivity index (χ0v) is 17.1. The van der Waals surface area contributed by atoms with Gasteiger partial charge in [0.15, 0.2) is 6.61 Å². The maximum atomic E-state index is 12.2. The van der Waals surface area contributed by atoms with E-state index in [1.807, 2.05) is 31.1 Å². The topological polar surface area (TPSA) is 82.4 Å². The van der Waals surface area contributed by atoms with Crippen LogP contribution in [0.15, 0.2) is 24.3 Å². The number of ether oxygens (including phenoxy) is 1. The Morgan fingerprint density at radius 1 is 1.32 bits per heavy atom. The number of nitrogens with one attached hydrogen (secondary N) is 1. The molecule has 28 heavy (non-hydrogen) atoms. The number of fused-ring (bicyclic) bond motifs is 1. The van der Waals surface area contributed by atoms with Crippen LogP contribution >= 0.6 is 11.3 Å². The zero-order chi connectivity index (χ0) is 20.3. The highest BCUT2D eigenvalue weighted by atomic mass is 32.1. The van der Waals surface area contributed by atoms with Crippen molar-refractivity contribution < 1.29 is 14.3 Å². The van der Waals surface area contributed by atoms with Gasteiger partial charge in [-0.1, -0.05) is 6.92 Å². The van der Waals surface area contributed by atoms with Crippen molar-refractivity contribution in [2.24, 2.45) is 5.92 Å². The molecule has 1 heterocycles. The first-order valence-corrected chi connectivity index (χ1v) is 9.99. The number of rotatable bonds is 5. The summed E-state index contributed by atoms with van der Waals surface area (Å²) in [5, 5.41) is 12.8. The van der Waals surface area contributed by atoms with Gasteiger partial charge in [0.05, 0.1) is 11.1 Å². The molecule has 1 amide bonds. The molecule has 0 fully saturated rings. The Bertz CT molecular complexity index is 926. The number of benzene rings is 1. The minimum absolute atomic E-state index is 0.386. The minimum Gasteiger partial charge on any atom is -0.452 e. The monoisotopic (exact) mass is 397 g/mol. The molecule has 0 saturated carbocycles. The summed E-state index contributed by atoms with van der Waals surface area (Å²) in [5.41, 5.74) is 2.95. The summed E-state index contributed by atoms with van der Waals surface area (Å²) >= 11 is 1.45. The van der Waals surface area contributed by atoms with Gasteiger partial charge in [0, 0.05) is 24.7 Å². The molecule has 7 heteroatoms. The van der Waals surface area contributed by atoms with Crippen molar-refractivity contribution in [1.29, 1.82) is 5.26 Å². The molecule has 0 spiro atoms. The lowest BCUT2D eigenvalue weighted by Crippen LogP contribution is -2.21. The van der Waals surface area contributed by atoms with E-state index < -0.39 is 18.5 Å². The minimum atomic E-state index is -0.555. The molecule has 0 unspecified atom stereocenters. The number of nitriles is 1. The second-order valence-corrected chi connectivity index (χ2v) is 8.34. The summed E-state index contributed by atoms with van der Waals surface area (Å²) in [6.07, 6.45) is 2.85. The van der Waals surface area contributed by atoms with E-state index in [0.717, 1.165) is 30.5 Å². The number of carbonyl (C=O) groups excluding carboxylic acids is 2. The van der Waals surface area contributed by atoms with Crippen LogP contribution in [0.4, 0.5) is 10.7 Å². The quantitative estimate of drug-likeness (QED) is 0.780. The zero-order valence-electron chi connectivity index (χ0n) is 16.2. The Balaban J connectivity index is 1.60. The molecule has 1 aromatic heterocycles. The maximum Gasteiger partial charge on any atom is 0.338 e. The molecule has 146 valence electrons. The number of thiophene rings is 1. The van der Waals surface area contributed by atoms with Gasteiger partial charge in [-0.3, -0.25) is 4.79 Å². The van der Waals surface area contributed by atoms with Crippen molar-refractivity contribution in [3.63, 3.8) is 0 Å². The molecule has 1 atom stereocenters. The third kappa shape index (κ3) is 4.34. The molecular formula is C21H23N3O3S. The van der Waals surface area contributed by atoms with E-state index >= 15 is 0 Å². The third-order valence-corrected chi connectivity index (χ3v) is 6.00. The van der Waals surface area contributed by atoms with Gasteiger partial charge in [0.1, 0.15) is 11.1 Å². The molecule has 1 N–H and O–H groups in total. The summed E-state index contributed by atoms with van der Waals surface area (Å²) in [6, 6.07) is 9.17. The Morgan fingerprint density at radius 2 is 2.04 bits per heavy atom. The normalized spacial score (nSPS) is 15.3. The number of carbonyl (C=O) groups is 2. The summed E-state index contributed by atoms with van der Waals surface area (Å²) in [4.78, 5) is 27.5. The molecule has 0 bridgehead atoms. The van der Waals surface area contributed by atoms with Crippen LogP contribution in [-0.4, -0.2) is 32.6 Å². The van der Waals surface area contributed by atoms with Crippen molar-refractivity contribution in [3.05, 3.63) is 45.8 Å². The first-order valence-electron chi connectivity index (χ1n) is 9.18. The van der Waals surface area contributed by atoms with E-state index in [1.54, 1.807) is 12.1 Å². The second kappa shape index (κ2) is 8.44. The molecule has 1 aromatic carbocycles. The smallest absolute Gasteiger partial charge is 0.338 e. The van der Waals surface area contributed by atoms with Crippen molar-refractivity contribution in [3.8, 4) is 6.07 Å². The number of esters is 1. The van der Waals surface area contributed by atoms with Gasteiger partial charge < -0.3 is 15.0 Å². The predicted octanol–water partition coefficient (Wildman–Crippen LogP) is 3.61. The highest BCUT2D eigenvalue weighted by molar-refractivity contribution is 7.16. The van der Waals surface area contributed by atoms with Crippen LogP contribution in [0.1, 0.15) is 39.7 Å². The molecule has 1 aliphatic carbocycles. The Morgan fingerprint density at radius 3 is 2.68 bits per heavy atom. The first-order chi connectivity index (χ1) is 13.4. The molecular weight excluding hydrogens is 374 g/mol. The number of nitrogens with zero attached hydrogens (tertiary/aromatic N) is 2. The van der Waals surface area contributed by atoms with E-state index in [-0.39, 0.29) is 0 Å². The van der Waals surface area contributed by atoms with Gasteiger partial charge in [-0.25, -0.2) is 4.79 Å². The van der Waals surface area contributed by atoms with E-state index in [9.17, 15) is 14.9 Å². The number of anilines is 2. The Hall–Kier alpha value is -2.85. The van der Waals surface area contributed by atoms with Gasteiger partial charge in [-0.2, -0.15) is 5.26 Å². The fourth-order valence-electron chi connectivity index (χ4n) is 3.23. The summed E-state index contributed by atoms with van der Waals surface area (Å²) in [6.45, 7) is 1.80. The van der Waals surface area contributed by atoms with Crippen LogP contribution in [0.3, 0.4) is 0 Å². The van der Waals surface area contributed by atoms with Gasteiger partial charge >= 0.3 is 5.97 Å². The lowest BCUT2D eigenvalue weighted by atomic mass is 9.89. The molecule has 3 rings (SSSR count). The summed E-state index contributed by atoms with van der Waals surface area (Å²) in [7, 11) is 3.83.